The highest BCUT2D eigenvalue weighted by molar-refractivity contribution is 5.76. The Labute approximate surface area is 131 Å². The van der Waals surface area contributed by atoms with E-state index in [0.717, 1.165) is 17.9 Å². The lowest BCUT2D eigenvalue weighted by Crippen LogP contribution is -2.27. The molecule has 4 heteroatoms. The van der Waals surface area contributed by atoms with Gasteiger partial charge in [0, 0.05) is 26.1 Å². The Bertz CT molecular complexity index is 567. The van der Waals surface area contributed by atoms with Crippen LogP contribution in [-0.2, 0) is 17.9 Å². The Hall–Kier alpha value is -2.33. The second-order valence-electron chi connectivity index (χ2n) is 5.04. The van der Waals surface area contributed by atoms with Crippen molar-refractivity contribution >= 4 is 5.91 Å². The van der Waals surface area contributed by atoms with Gasteiger partial charge in [0.1, 0.15) is 5.75 Å². The third-order valence-corrected chi connectivity index (χ3v) is 3.35. The van der Waals surface area contributed by atoms with E-state index in [0.29, 0.717) is 19.5 Å². The molecule has 0 aliphatic rings. The summed E-state index contributed by atoms with van der Waals surface area (Å²) in [6.07, 6.45) is 0.475. The van der Waals surface area contributed by atoms with Crippen LogP contribution in [0.15, 0.2) is 54.6 Å². The Morgan fingerprint density at radius 3 is 2.32 bits per heavy atom. The number of benzene rings is 2. The molecule has 4 nitrogen and oxygen atoms in total. The summed E-state index contributed by atoms with van der Waals surface area (Å²) in [5.41, 5.74) is 2.28. The van der Waals surface area contributed by atoms with Crippen molar-refractivity contribution in [1.29, 1.82) is 0 Å². The Morgan fingerprint density at radius 1 is 0.955 bits per heavy atom. The van der Waals surface area contributed by atoms with Crippen LogP contribution in [0.4, 0.5) is 0 Å². The van der Waals surface area contributed by atoms with Crippen LogP contribution in [0.2, 0.25) is 0 Å². The number of carbonyl (C=O) groups excluding carboxylic acids is 1. The van der Waals surface area contributed by atoms with Gasteiger partial charge in [-0.2, -0.15) is 0 Å². The highest BCUT2D eigenvalue weighted by Crippen LogP contribution is 2.10. The molecule has 0 saturated heterocycles. The standard InChI is InChI=1S/C18H22N2O2/c1-22-17-9-7-16(8-10-17)13-19-12-11-18(21)20-14-15-5-3-2-4-6-15/h2-10,19H,11-14H2,1H3,(H,20,21). The fourth-order valence-corrected chi connectivity index (χ4v) is 2.06. The van der Waals surface area contributed by atoms with E-state index in [4.69, 9.17) is 4.74 Å². The Morgan fingerprint density at radius 2 is 1.64 bits per heavy atom. The molecular formula is C18H22N2O2. The van der Waals surface area contributed by atoms with E-state index in [1.165, 1.54) is 5.56 Å². The number of amides is 1. The molecule has 1 amide bonds. The number of hydrogen-bond donors (Lipinski definition) is 2. The molecule has 0 aromatic heterocycles. The maximum atomic E-state index is 11.7. The molecule has 0 radical (unpaired) electrons. The molecule has 0 bridgehead atoms. The lowest BCUT2D eigenvalue weighted by atomic mass is 10.2. The number of nitrogens with one attached hydrogen (secondary N) is 2. The van der Waals surface area contributed by atoms with Gasteiger partial charge < -0.3 is 15.4 Å². The highest BCUT2D eigenvalue weighted by atomic mass is 16.5. The van der Waals surface area contributed by atoms with Crippen molar-refractivity contribution in [2.45, 2.75) is 19.5 Å². The van der Waals surface area contributed by atoms with E-state index in [1.807, 2.05) is 54.6 Å². The van der Waals surface area contributed by atoms with Gasteiger partial charge in [-0.25, -0.2) is 0 Å². The first-order valence-corrected chi connectivity index (χ1v) is 7.42. The largest absolute Gasteiger partial charge is 0.497 e. The Kier molecular flexibility index (Phi) is 6.45. The zero-order valence-electron chi connectivity index (χ0n) is 12.8. The summed E-state index contributed by atoms with van der Waals surface area (Å²) in [5, 5.41) is 6.18. The molecular weight excluding hydrogens is 276 g/mol. The zero-order chi connectivity index (χ0) is 15.6. The number of ether oxygens (including phenoxy) is 1. The average Bonchev–Trinajstić information content (AvgIpc) is 2.58. The number of carbonyl (C=O) groups is 1. The van der Waals surface area contributed by atoms with Gasteiger partial charge in [-0.05, 0) is 23.3 Å². The molecule has 0 aliphatic carbocycles. The van der Waals surface area contributed by atoms with E-state index >= 15 is 0 Å². The fourth-order valence-electron chi connectivity index (χ4n) is 2.06. The third kappa shape index (κ3) is 5.58. The van der Waals surface area contributed by atoms with Crippen LogP contribution in [0.1, 0.15) is 17.5 Å². The normalized spacial score (nSPS) is 10.2. The highest BCUT2D eigenvalue weighted by Gasteiger charge is 2.01. The van der Waals surface area contributed by atoms with Gasteiger partial charge in [-0.1, -0.05) is 42.5 Å². The molecule has 0 spiro atoms. The van der Waals surface area contributed by atoms with E-state index < -0.39 is 0 Å². The van der Waals surface area contributed by atoms with Gasteiger partial charge in [0.05, 0.1) is 7.11 Å². The van der Waals surface area contributed by atoms with Gasteiger partial charge in [-0.3, -0.25) is 4.79 Å². The quantitative estimate of drug-likeness (QED) is 0.736. The molecule has 22 heavy (non-hydrogen) atoms. The fraction of sp³-hybridized carbons (Fsp3) is 0.278. The second-order valence-corrected chi connectivity index (χ2v) is 5.04. The summed E-state index contributed by atoms with van der Waals surface area (Å²) in [6, 6.07) is 17.8. The van der Waals surface area contributed by atoms with Gasteiger partial charge in [0.25, 0.3) is 0 Å². The average molecular weight is 298 g/mol. The van der Waals surface area contributed by atoms with Crippen LogP contribution >= 0.6 is 0 Å². The molecule has 0 aliphatic heterocycles. The molecule has 116 valence electrons. The van der Waals surface area contributed by atoms with Crippen LogP contribution in [0.25, 0.3) is 0 Å². The molecule has 0 unspecified atom stereocenters. The van der Waals surface area contributed by atoms with Gasteiger partial charge in [-0.15, -0.1) is 0 Å². The molecule has 2 aromatic rings. The molecule has 2 aromatic carbocycles. The van der Waals surface area contributed by atoms with Crippen LogP contribution in [0.5, 0.6) is 5.75 Å². The number of methoxy groups -OCH3 is 1. The van der Waals surface area contributed by atoms with Crippen molar-refractivity contribution in [3.63, 3.8) is 0 Å². The minimum absolute atomic E-state index is 0.0612. The molecule has 2 N–H and O–H groups in total. The summed E-state index contributed by atoms with van der Waals surface area (Å²) in [4.78, 5) is 11.7. The van der Waals surface area contributed by atoms with Crippen LogP contribution in [0, 0.1) is 0 Å². The smallest absolute Gasteiger partial charge is 0.221 e. The van der Waals surface area contributed by atoms with Gasteiger partial charge >= 0.3 is 0 Å². The maximum Gasteiger partial charge on any atom is 0.221 e. The molecule has 2 rings (SSSR count). The summed E-state index contributed by atoms with van der Waals surface area (Å²) in [7, 11) is 1.65. The summed E-state index contributed by atoms with van der Waals surface area (Å²) < 4.78 is 5.12. The minimum Gasteiger partial charge on any atom is -0.497 e. The lowest BCUT2D eigenvalue weighted by Gasteiger charge is -2.07. The lowest BCUT2D eigenvalue weighted by molar-refractivity contribution is -0.121. The number of hydrogen-bond acceptors (Lipinski definition) is 3. The summed E-state index contributed by atoms with van der Waals surface area (Å²) in [5.74, 6) is 0.912. The van der Waals surface area contributed by atoms with Crippen molar-refractivity contribution in [1.82, 2.24) is 10.6 Å². The second kappa shape index (κ2) is 8.85. The van der Waals surface area contributed by atoms with Gasteiger partial charge in [0.15, 0.2) is 0 Å². The van der Waals surface area contributed by atoms with E-state index in [2.05, 4.69) is 10.6 Å². The Balaban J connectivity index is 1.60. The van der Waals surface area contributed by atoms with Crippen molar-refractivity contribution in [3.8, 4) is 5.75 Å². The van der Waals surface area contributed by atoms with E-state index in [1.54, 1.807) is 7.11 Å². The summed E-state index contributed by atoms with van der Waals surface area (Å²) in [6.45, 7) is 1.99. The first-order chi connectivity index (χ1) is 10.8. The van der Waals surface area contributed by atoms with Gasteiger partial charge in [0.2, 0.25) is 5.91 Å². The minimum atomic E-state index is 0.0612. The van der Waals surface area contributed by atoms with E-state index in [9.17, 15) is 4.79 Å². The van der Waals surface area contributed by atoms with Crippen molar-refractivity contribution < 1.29 is 9.53 Å². The topological polar surface area (TPSA) is 50.4 Å². The third-order valence-electron chi connectivity index (χ3n) is 3.35. The van der Waals surface area contributed by atoms with Crippen molar-refractivity contribution in [3.05, 3.63) is 65.7 Å². The molecule has 0 fully saturated rings. The van der Waals surface area contributed by atoms with Crippen LogP contribution in [0.3, 0.4) is 0 Å². The predicted octanol–water partition coefficient (Wildman–Crippen LogP) is 2.49. The van der Waals surface area contributed by atoms with E-state index in [-0.39, 0.29) is 5.91 Å². The molecule has 0 saturated carbocycles. The van der Waals surface area contributed by atoms with Crippen LogP contribution < -0.4 is 15.4 Å². The maximum absolute atomic E-state index is 11.7. The SMILES string of the molecule is COc1ccc(CNCCC(=O)NCc2ccccc2)cc1. The van der Waals surface area contributed by atoms with Crippen molar-refractivity contribution in [2.75, 3.05) is 13.7 Å². The van der Waals surface area contributed by atoms with Crippen LogP contribution in [-0.4, -0.2) is 19.6 Å². The van der Waals surface area contributed by atoms with Crippen molar-refractivity contribution in [2.24, 2.45) is 0 Å². The zero-order valence-corrected chi connectivity index (χ0v) is 12.8. The molecule has 0 heterocycles. The first kappa shape index (κ1) is 16.0. The number of rotatable bonds is 8. The monoisotopic (exact) mass is 298 g/mol. The summed E-state index contributed by atoms with van der Waals surface area (Å²) >= 11 is 0. The first-order valence-electron chi connectivity index (χ1n) is 7.42. The predicted molar refractivity (Wildman–Crippen MR) is 87.6 cm³/mol. The molecule has 0 atom stereocenters.